The predicted octanol–water partition coefficient (Wildman–Crippen LogP) is 0.740. The summed E-state index contributed by atoms with van der Waals surface area (Å²) < 4.78 is 12.6. The highest BCUT2D eigenvalue weighted by molar-refractivity contribution is 5.85. The van der Waals surface area contributed by atoms with Gasteiger partial charge in [0.1, 0.15) is 5.67 Å². The second-order valence-electron chi connectivity index (χ2n) is 2.57. The van der Waals surface area contributed by atoms with Gasteiger partial charge in [-0.2, -0.15) is 0 Å². The molecule has 1 aliphatic heterocycles. The average Bonchev–Trinajstić information content (AvgIpc) is 2.09. The zero-order valence-corrected chi connectivity index (χ0v) is 5.30. The van der Waals surface area contributed by atoms with Gasteiger partial charge in [0.15, 0.2) is 0 Å². The number of fused-ring (bicyclic) bond motifs is 1. The topological polar surface area (TPSA) is 12.0 Å². The van der Waals surface area contributed by atoms with Gasteiger partial charge in [-0.1, -0.05) is 0 Å². The van der Waals surface area contributed by atoms with Crippen molar-refractivity contribution in [3.63, 3.8) is 0 Å². The van der Waals surface area contributed by atoms with Crippen LogP contribution < -0.4 is 5.32 Å². The monoisotopic (exact) mass is 137 g/mol. The second-order valence-corrected chi connectivity index (χ2v) is 2.57. The minimum atomic E-state index is -0.750. The lowest BCUT2D eigenvalue weighted by molar-refractivity contribution is 0.314. The Morgan fingerprint density at radius 1 is 1.62 bits per heavy atom. The van der Waals surface area contributed by atoms with Gasteiger partial charge in [0.05, 0.1) is 0 Å². The molecule has 1 heterocycles. The highest BCUT2D eigenvalue weighted by Gasteiger charge is 2.58. The normalized spacial score (nSPS) is 49.9. The van der Waals surface area contributed by atoms with E-state index in [1.807, 2.05) is 0 Å². The quantitative estimate of drug-likeness (QED) is 0.520. The van der Waals surface area contributed by atoms with E-state index in [-0.39, 0.29) is 12.4 Å². The number of nitrogens with one attached hydrogen (secondary N) is 1. The van der Waals surface area contributed by atoms with Crippen molar-refractivity contribution < 1.29 is 4.39 Å². The summed E-state index contributed by atoms with van der Waals surface area (Å²) in [4.78, 5) is 0. The zero-order chi connectivity index (χ0) is 4.91. The van der Waals surface area contributed by atoms with Crippen molar-refractivity contribution in [1.82, 2.24) is 5.32 Å². The van der Waals surface area contributed by atoms with Crippen LogP contribution in [0.1, 0.15) is 6.42 Å². The Bertz CT molecular complexity index is 107. The lowest BCUT2D eigenvalue weighted by Crippen LogP contribution is -2.16. The maximum Gasteiger partial charge on any atom is 0.128 e. The molecule has 8 heavy (non-hydrogen) atoms. The molecule has 0 aromatic carbocycles. The van der Waals surface area contributed by atoms with E-state index in [1.54, 1.807) is 0 Å². The Labute approximate surface area is 54.1 Å². The fourth-order valence-corrected chi connectivity index (χ4v) is 1.28. The Morgan fingerprint density at radius 3 is 2.50 bits per heavy atom. The van der Waals surface area contributed by atoms with Crippen LogP contribution in [0.25, 0.3) is 0 Å². The predicted molar refractivity (Wildman–Crippen MR) is 32.1 cm³/mol. The molecule has 2 aliphatic rings. The molecule has 1 nitrogen and oxygen atoms in total. The van der Waals surface area contributed by atoms with Crippen LogP contribution in [0.5, 0.6) is 0 Å². The van der Waals surface area contributed by atoms with Crippen LogP contribution in [0, 0.1) is 5.92 Å². The molecule has 0 bridgehead atoms. The molecular weight excluding hydrogens is 129 g/mol. The summed E-state index contributed by atoms with van der Waals surface area (Å²) in [6.45, 7) is 1.52. The first-order valence-electron chi connectivity index (χ1n) is 2.71. The van der Waals surface area contributed by atoms with Crippen molar-refractivity contribution in [3.8, 4) is 0 Å². The third-order valence-corrected chi connectivity index (χ3v) is 1.97. The summed E-state index contributed by atoms with van der Waals surface area (Å²) in [7, 11) is 0. The third-order valence-electron chi connectivity index (χ3n) is 1.97. The smallest absolute Gasteiger partial charge is 0.128 e. The van der Waals surface area contributed by atoms with E-state index < -0.39 is 5.67 Å². The van der Waals surface area contributed by atoms with Gasteiger partial charge in [-0.15, -0.1) is 12.4 Å². The lowest BCUT2D eigenvalue weighted by Gasteiger charge is -1.93. The Kier molecular flexibility index (Phi) is 1.24. The molecule has 3 heteroatoms. The van der Waals surface area contributed by atoms with Crippen molar-refractivity contribution in [2.24, 2.45) is 5.92 Å². The standard InChI is InChI=1S/C5H8FN.ClH/c6-5-1-4(5)2-7-3-5;/h4,7H,1-3H2;1H/t4?,5-;/m0./s1. The van der Waals surface area contributed by atoms with Crippen molar-refractivity contribution in [1.29, 1.82) is 0 Å². The average molecular weight is 138 g/mol. The number of halogens is 2. The van der Waals surface area contributed by atoms with Crippen LogP contribution >= 0.6 is 12.4 Å². The van der Waals surface area contributed by atoms with Crippen molar-refractivity contribution in [2.75, 3.05) is 13.1 Å². The fraction of sp³-hybridized carbons (Fsp3) is 1.00. The first kappa shape index (κ1) is 6.30. The molecular formula is C5H9ClFN. The van der Waals surface area contributed by atoms with E-state index in [2.05, 4.69) is 5.32 Å². The van der Waals surface area contributed by atoms with Gasteiger partial charge in [-0.3, -0.25) is 0 Å². The molecule has 0 amide bonds. The van der Waals surface area contributed by atoms with Gasteiger partial charge in [0.2, 0.25) is 0 Å². The number of hydrogen-bond donors (Lipinski definition) is 1. The molecule has 1 N–H and O–H groups in total. The Hall–Kier alpha value is 0.180. The van der Waals surface area contributed by atoms with E-state index in [9.17, 15) is 4.39 Å². The number of rotatable bonds is 0. The van der Waals surface area contributed by atoms with Gasteiger partial charge < -0.3 is 5.32 Å². The largest absolute Gasteiger partial charge is 0.313 e. The summed E-state index contributed by atoms with van der Waals surface area (Å²) in [6.07, 6.45) is 0.819. The molecule has 0 aromatic rings. The first-order valence-corrected chi connectivity index (χ1v) is 2.71. The molecule has 1 unspecified atom stereocenters. The van der Waals surface area contributed by atoms with E-state index in [4.69, 9.17) is 0 Å². The van der Waals surface area contributed by atoms with E-state index in [0.29, 0.717) is 12.5 Å². The summed E-state index contributed by atoms with van der Waals surface area (Å²) >= 11 is 0. The lowest BCUT2D eigenvalue weighted by atomic mass is 10.3. The van der Waals surface area contributed by atoms with Crippen LogP contribution in [-0.2, 0) is 0 Å². The van der Waals surface area contributed by atoms with Gasteiger partial charge in [0, 0.05) is 19.0 Å². The zero-order valence-electron chi connectivity index (χ0n) is 4.48. The molecule has 48 valence electrons. The van der Waals surface area contributed by atoms with Gasteiger partial charge in [-0.05, 0) is 6.42 Å². The Balaban J connectivity index is 0.000000320. The van der Waals surface area contributed by atoms with E-state index in [1.165, 1.54) is 0 Å². The second kappa shape index (κ2) is 1.58. The maximum absolute atomic E-state index is 12.6. The maximum atomic E-state index is 12.6. The summed E-state index contributed by atoms with van der Waals surface area (Å²) in [6, 6.07) is 0. The van der Waals surface area contributed by atoms with Gasteiger partial charge >= 0.3 is 0 Å². The van der Waals surface area contributed by atoms with Crippen LogP contribution in [0.4, 0.5) is 4.39 Å². The SMILES string of the molecule is Cl.F[C@@]12CNCC1C2. The number of piperidine rings is 1. The fourth-order valence-electron chi connectivity index (χ4n) is 1.28. The van der Waals surface area contributed by atoms with Crippen molar-refractivity contribution >= 4 is 12.4 Å². The van der Waals surface area contributed by atoms with E-state index in [0.717, 1.165) is 13.0 Å². The number of hydrogen-bond acceptors (Lipinski definition) is 1. The molecule has 0 aromatic heterocycles. The molecule has 2 fully saturated rings. The minimum absolute atomic E-state index is 0. The van der Waals surface area contributed by atoms with Crippen LogP contribution in [0.2, 0.25) is 0 Å². The van der Waals surface area contributed by atoms with Gasteiger partial charge in [-0.25, -0.2) is 4.39 Å². The highest BCUT2D eigenvalue weighted by atomic mass is 35.5. The third kappa shape index (κ3) is 0.633. The summed E-state index contributed by atoms with van der Waals surface area (Å²) in [5.74, 6) is 0.382. The molecule has 1 saturated heterocycles. The highest BCUT2D eigenvalue weighted by Crippen LogP contribution is 2.49. The molecule has 2 atom stereocenters. The van der Waals surface area contributed by atoms with Crippen molar-refractivity contribution in [3.05, 3.63) is 0 Å². The first-order chi connectivity index (χ1) is 3.31. The van der Waals surface area contributed by atoms with Crippen LogP contribution in [0.3, 0.4) is 0 Å². The van der Waals surface area contributed by atoms with Crippen LogP contribution in [-0.4, -0.2) is 18.8 Å². The molecule has 1 saturated carbocycles. The van der Waals surface area contributed by atoms with Crippen molar-refractivity contribution in [2.45, 2.75) is 12.1 Å². The molecule has 0 radical (unpaired) electrons. The van der Waals surface area contributed by atoms with Crippen LogP contribution in [0.15, 0.2) is 0 Å². The van der Waals surface area contributed by atoms with E-state index >= 15 is 0 Å². The van der Waals surface area contributed by atoms with Gasteiger partial charge in [0.25, 0.3) is 0 Å². The molecule has 1 aliphatic carbocycles. The Morgan fingerprint density at radius 2 is 2.38 bits per heavy atom. The summed E-state index contributed by atoms with van der Waals surface area (Å²) in [5, 5.41) is 2.99. The molecule has 0 spiro atoms. The minimum Gasteiger partial charge on any atom is -0.313 e. The number of alkyl halides is 1. The molecule has 2 rings (SSSR count). The summed E-state index contributed by atoms with van der Waals surface area (Å²) in [5.41, 5.74) is -0.750.